The zero-order valence-electron chi connectivity index (χ0n) is 13.2. The Kier molecular flexibility index (Phi) is 5.31. The highest BCUT2D eigenvalue weighted by Crippen LogP contribution is 2.32. The first-order valence-electron chi connectivity index (χ1n) is 7.32. The van der Waals surface area contributed by atoms with E-state index in [1.54, 1.807) is 36.4 Å². The molecule has 1 unspecified atom stereocenters. The maximum Gasteiger partial charge on any atom is 0.401 e. The molecule has 0 aliphatic rings. The Bertz CT molecular complexity index is 804. The van der Waals surface area contributed by atoms with E-state index in [0.29, 0.717) is 10.8 Å². The summed E-state index contributed by atoms with van der Waals surface area (Å²) >= 11 is 3.57. The zero-order valence-corrected chi connectivity index (χ0v) is 14.1. The van der Waals surface area contributed by atoms with Crippen molar-refractivity contribution in [3.63, 3.8) is 0 Å². The molecule has 2 atom stereocenters. The van der Waals surface area contributed by atoms with Crippen LogP contribution in [0.2, 0.25) is 0 Å². The fourth-order valence-electron chi connectivity index (χ4n) is 2.57. The SMILES string of the molecule is C[C@@](NC(=O)C(CS)C(F)(F)F)(C(=O)O)c1cccc2ccccc12. The normalized spacial score (nSPS) is 15.4. The van der Waals surface area contributed by atoms with Crippen LogP contribution in [0.15, 0.2) is 42.5 Å². The molecule has 0 fully saturated rings. The van der Waals surface area contributed by atoms with Crippen molar-refractivity contribution in [3.8, 4) is 0 Å². The molecule has 2 rings (SSSR count). The van der Waals surface area contributed by atoms with Gasteiger partial charge < -0.3 is 10.4 Å². The Morgan fingerprint density at radius 3 is 2.32 bits per heavy atom. The van der Waals surface area contributed by atoms with Crippen molar-refractivity contribution < 1.29 is 27.9 Å². The van der Waals surface area contributed by atoms with Crippen LogP contribution in [0, 0.1) is 5.92 Å². The molecule has 2 N–H and O–H groups in total. The number of halogens is 3. The average Bonchev–Trinajstić information content (AvgIpc) is 2.53. The van der Waals surface area contributed by atoms with Gasteiger partial charge in [-0.3, -0.25) is 4.79 Å². The molecule has 4 nitrogen and oxygen atoms in total. The number of rotatable bonds is 5. The van der Waals surface area contributed by atoms with Crippen molar-refractivity contribution >= 4 is 35.3 Å². The van der Waals surface area contributed by atoms with Crippen molar-refractivity contribution in [2.75, 3.05) is 5.75 Å². The van der Waals surface area contributed by atoms with Crippen molar-refractivity contribution in [3.05, 3.63) is 48.0 Å². The molecule has 0 aromatic heterocycles. The molecule has 0 saturated heterocycles. The molecule has 2 aromatic carbocycles. The highest BCUT2D eigenvalue weighted by molar-refractivity contribution is 7.80. The minimum Gasteiger partial charge on any atom is -0.479 e. The molecule has 0 radical (unpaired) electrons. The van der Waals surface area contributed by atoms with Gasteiger partial charge in [0.05, 0.1) is 0 Å². The Labute approximate surface area is 147 Å². The van der Waals surface area contributed by atoms with Crippen LogP contribution in [-0.2, 0) is 15.1 Å². The molecule has 0 saturated carbocycles. The van der Waals surface area contributed by atoms with E-state index in [-0.39, 0.29) is 5.56 Å². The van der Waals surface area contributed by atoms with Gasteiger partial charge >= 0.3 is 12.1 Å². The van der Waals surface area contributed by atoms with E-state index in [9.17, 15) is 27.9 Å². The number of carboxylic acid groups (broad SMARTS) is 1. The third-order valence-electron chi connectivity index (χ3n) is 4.02. The molecule has 0 aliphatic carbocycles. The smallest absolute Gasteiger partial charge is 0.401 e. The van der Waals surface area contributed by atoms with Crippen LogP contribution in [-0.4, -0.2) is 28.9 Å². The van der Waals surface area contributed by atoms with Gasteiger partial charge in [0.1, 0.15) is 5.92 Å². The molecular weight excluding hydrogens is 355 g/mol. The third-order valence-corrected chi connectivity index (χ3v) is 4.39. The van der Waals surface area contributed by atoms with Crippen molar-refractivity contribution in [1.29, 1.82) is 0 Å². The first-order valence-corrected chi connectivity index (χ1v) is 7.95. The van der Waals surface area contributed by atoms with Crippen LogP contribution in [0.4, 0.5) is 13.2 Å². The summed E-state index contributed by atoms with van der Waals surface area (Å²) in [7, 11) is 0. The van der Waals surface area contributed by atoms with Crippen LogP contribution in [0.3, 0.4) is 0 Å². The molecule has 0 aliphatic heterocycles. The van der Waals surface area contributed by atoms with Gasteiger partial charge in [0.15, 0.2) is 5.54 Å². The maximum atomic E-state index is 12.9. The van der Waals surface area contributed by atoms with E-state index in [4.69, 9.17) is 0 Å². The van der Waals surface area contributed by atoms with Gasteiger partial charge in [-0.15, -0.1) is 0 Å². The van der Waals surface area contributed by atoms with Crippen LogP contribution in [0.5, 0.6) is 0 Å². The number of alkyl halides is 3. The van der Waals surface area contributed by atoms with E-state index in [2.05, 4.69) is 17.9 Å². The van der Waals surface area contributed by atoms with Gasteiger partial charge in [-0.25, -0.2) is 4.79 Å². The van der Waals surface area contributed by atoms with Crippen molar-refractivity contribution in [2.24, 2.45) is 5.92 Å². The molecular formula is C17H16F3NO3S. The number of carbonyl (C=O) groups is 2. The average molecular weight is 371 g/mol. The monoisotopic (exact) mass is 371 g/mol. The van der Waals surface area contributed by atoms with E-state index in [0.717, 1.165) is 0 Å². The second-order valence-corrected chi connectivity index (χ2v) is 6.09. The summed E-state index contributed by atoms with van der Waals surface area (Å²) in [4.78, 5) is 24.0. The van der Waals surface area contributed by atoms with Crippen molar-refractivity contribution in [1.82, 2.24) is 5.32 Å². The lowest BCUT2D eigenvalue weighted by Gasteiger charge is -2.30. The number of carbonyl (C=O) groups excluding carboxylic acids is 1. The quantitative estimate of drug-likeness (QED) is 0.706. The summed E-state index contributed by atoms with van der Waals surface area (Å²) in [6.45, 7) is 1.17. The molecule has 1 amide bonds. The van der Waals surface area contributed by atoms with Gasteiger partial charge in [-0.1, -0.05) is 42.5 Å². The predicted molar refractivity (Wildman–Crippen MR) is 90.5 cm³/mol. The Balaban J connectivity index is 2.52. The summed E-state index contributed by atoms with van der Waals surface area (Å²) in [6.07, 6.45) is -4.82. The maximum absolute atomic E-state index is 12.9. The lowest BCUT2D eigenvalue weighted by molar-refractivity contribution is -0.180. The van der Waals surface area contributed by atoms with Crippen LogP contribution >= 0.6 is 12.6 Å². The van der Waals surface area contributed by atoms with E-state index in [1.165, 1.54) is 13.0 Å². The standard InChI is InChI=1S/C17H16F3NO3S/c1-16(15(23)24,21-14(22)13(9-25)17(18,19)20)12-8-4-6-10-5-2-3-7-11(10)12/h2-8,13,25H,9H2,1H3,(H,21,22)(H,23,24)/t13?,16-/m0/s1. The Morgan fingerprint density at radius 1 is 1.16 bits per heavy atom. The largest absolute Gasteiger partial charge is 0.479 e. The number of amides is 1. The second-order valence-electron chi connectivity index (χ2n) is 5.72. The first kappa shape index (κ1) is 19.1. The molecule has 0 spiro atoms. The summed E-state index contributed by atoms with van der Waals surface area (Å²) in [5.41, 5.74) is -1.82. The summed E-state index contributed by atoms with van der Waals surface area (Å²) in [6, 6.07) is 11.6. The number of hydrogen-bond donors (Lipinski definition) is 3. The fraction of sp³-hybridized carbons (Fsp3) is 0.294. The summed E-state index contributed by atoms with van der Waals surface area (Å²) in [5, 5.41) is 12.9. The lowest BCUT2D eigenvalue weighted by atomic mass is 9.87. The Morgan fingerprint density at radius 2 is 1.76 bits per heavy atom. The zero-order chi connectivity index (χ0) is 18.8. The minimum atomic E-state index is -4.82. The molecule has 0 bridgehead atoms. The number of carboxylic acids is 1. The molecule has 8 heteroatoms. The summed E-state index contributed by atoms with van der Waals surface area (Å²) < 4.78 is 38.8. The number of fused-ring (bicyclic) bond motifs is 1. The molecule has 25 heavy (non-hydrogen) atoms. The molecule has 0 heterocycles. The predicted octanol–water partition coefficient (Wildman–Crippen LogP) is 3.36. The van der Waals surface area contributed by atoms with Gasteiger partial charge in [0, 0.05) is 5.75 Å². The second kappa shape index (κ2) is 6.95. The number of aliphatic carboxylic acids is 1. The number of hydrogen-bond acceptors (Lipinski definition) is 3. The van der Waals surface area contributed by atoms with Crippen LogP contribution in [0.1, 0.15) is 12.5 Å². The van der Waals surface area contributed by atoms with Gasteiger partial charge in [0.2, 0.25) is 5.91 Å². The lowest BCUT2D eigenvalue weighted by Crippen LogP contribution is -2.53. The van der Waals surface area contributed by atoms with Crippen LogP contribution in [0.25, 0.3) is 10.8 Å². The topological polar surface area (TPSA) is 66.4 Å². The van der Waals surface area contributed by atoms with Gasteiger partial charge in [-0.2, -0.15) is 25.8 Å². The highest BCUT2D eigenvalue weighted by atomic mass is 32.1. The molecule has 2 aromatic rings. The van der Waals surface area contributed by atoms with E-state index in [1.807, 2.05) is 0 Å². The number of benzene rings is 2. The van der Waals surface area contributed by atoms with E-state index >= 15 is 0 Å². The Hall–Kier alpha value is -2.22. The summed E-state index contributed by atoms with van der Waals surface area (Å²) in [5.74, 6) is -6.07. The van der Waals surface area contributed by atoms with Gasteiger partial charge in [-0.05, 0) is 23.3 Å². The third kappa shape index (κ3) is 3.73. The highest BCUT2D eigenvalue weighted by Gasteiger charge is 2.47. The first-order chi connectivity index (χ1) is 11.6. The minimum absolute atomic E-state index is 0.200. The van der Waals surface area contributed by atoms with E-state index < -0.39 is 35.3 Å². The van der Waals surface area contributed by atoms with Crippen molar-refractivity contribution in [2.45, 2.75) is 18.6 Å². The molecule has 134 valence electrons. The fourth-order valence-corrected chi connectivity index (χ4v) is 2.94. The van der Waals surface area contributed by atoms with Gasteiger partial charge in [0.25, 0.3) is 0 Å². The number of nitrogens with one attached hydrogen (secondary N) is 1. The number of thiol groups is 1. The van der Waals surface area contributed by atoms with Crippen LogP contribution < -0.4 is 5.32 Å².